The molecule has 0 saturated heterocycles. The number of aryl methyl sites for hydroxylation is 1. The lowest BCUT2D eigenvalue weighted by Crippen LogP contribution is -2.36. The van der Waals surface area contributed by atoms with Crippen LogP contribution in [0.1, 0.15) is 50.2 Å². The highest BCUT2D eigenvalue weighted by Gasteiger charge is 2.23. The first-order valence-corrected chi connectivity index (χ1v) is 8.44. The molecule has 21 heavy (non-hydrogen) atoms. The summed E-state index contributed by atoms with van der Waals surface area (Å²) in [7, 11) is 0. The highest BCUT2D eigenvalue weighted by molar-refractivity contribution is 5.55. The van der Waals surface area contributed by atoms with Crippen LogP contribution in [-0.2, 0) is 6.54 Å². The van der Waals surface area contributed by atoms with Gasteiger partial charge in [0.1, 0.15) is 0 Å². The van der Waals surface area contributed by atoms with Crippen LogP contribution in [0.5, 0.6) is 0 Å². The van der Waals surface area contributed by atoms with Crippen molar-refractivity contribution in [2.75, 3.05) is 24.6 Å². The van der Waals surface area contributed by atoms with E-state index in [4.69, 9.17) is 0 Å². The second kappa shape index (κ2) is 8.40. The van der Waals surface area contributed by atoms with E-state index in [9.17, 15) is 5.11 Å². The van der Waals surface area contributed by atoms with Crippen molar-refractivity contribution in [3.63, 3.8) is 0 Å². The number of aliphatic hydroxyl groups excluding tert-OH is 1. The van der Waals surface area contributed by atoms with Crippen molar-refractivity contribution < 1.29 is 5.11 Å². The highest BCUT2D eigenvalue weighted by Crippen LogP contribution is 2.30. The number of aliphatic hydroxyl groups is 1. The first-order valence-electron chi connectivity index (χ1n) is 8.44. The standard InChI is InChI=1S/C18H30N2O/c1-3-10-19-14-16-8-9-18(15(2)13-16)20(11-12-21)17-6-4-5-7-17/h8-9,13,17,19,21H,3-7,10-12,14H2,1-2H3. The number of nitrogens with zero attached hydrogens (tertiary/aromatic N) is 1. The van der Waals surface area contributed by atoms with Gasteiger partial charge in [-0.3, -0.25) is 0 Å². The van der Waals surface area contributed by atoms with Crippen LogP contribution < -0.4 is 10.2 Å². The predicted octanol–water partition coefficient (Wildman–Crippen LogP) is 3.24. The Morgan fingerprint density at radius 1 is 1.29 bits per heavy atom. The second-order valence-electron chi connectivity index (χ2n) is 6.15. The third-order valence-corrected chi connectivity index (χ3v) is 4.43. The van der Waals surface area contributed by atoms with Crippen LogP contribution in [0.2, 0.25) is 0 Å². The lowest BCUT2D eigenvalue weighted by atomic mass is 10.1. The fourth-order valence-electron chi connectivity index (χ4n) is 3.38. The normalized spacial score (nSPS) is 15.6. The zero-order valence-electron chi connectivity index (χ0n) is 13.6. The molecule has 1 aliphatic carbocycles. The number of benzene rings is 1. The minimum Gasteiger partial charge on any atom is -0.395 e. The van der Waals surface area contributed by atoms with Gasteiger partial charge in [-0.25, -0.2) is 0 Å². The van der Waals surface area contributed by atoms with Crippen molar-refractivity contribution in [3.8, 4) is 0 Å². The van der Waals surface area contributed by atoms with Crippen LogP contribution in [0.15, 0.2) is 18.2 Å². The minimum absolute atomic E-state index is 0.232. The van der Waals surface area contributed by atoms with Gasteiger partial charge in [0.2, 0.25) is 0 Å². The number of anilines is 1. The van der Waals surface area contributed by atoms with Gasteiger partial charge in [0.25, 0.3) is 0 Å². The molecule has 1 saturated carbocycles. The molecule has 1 aromatic carbocycles. The molecule has 118 valence electrons. The topological polar surface area (TPSA) is 35.5 Å². The van der Waals surface area contributed by atoms with Crippen molar-refractivity contribution in [1.29, 1.82) is 0 Å². The average Bonchev–Trinajstić information content (AvgIpc) is 3.00. The summed E-state index contributed by atoms with van der Waals surface area (Å²) in [6.45, 7) is 7.38. The highest BCUT2D eigenvalue weighted by atomic mass is 16.3. The van der Waals surface area contributed by atoms with Crippen molar-refractivity contribution in [1.82, 2.24) is 5.32 Å². The van der Waals surface area contributed by atoms with E-state index >= 15 is 0 Å². The molecule has 1 aliphatic rings. The molecule has 0 atom stereocenters. The Labute approximate surface area is 129 Å². The Bertz CT molecular complexity index is 427. The lowest BCUT2D eigenvalue weighted by Gasteiger charge is -2.32. The monoisotopic (exact) mass is 290 g/mol. The summed E-state index contributed by atoms with van der Waals surface area (Å²) in [6.07, 6.45) is 6.34. The van der Waals surface area contributed by atoms with Crippen LogP contribution >= 0.6 is 0 Å². The molecule has 1 fully saturated rings. The number of hydrogen-bond acceptors (Lipinski definition) is 3. The van der Waals surface area contributed by atoms with E-state index in [2.05, 4.69) is 42.3 Å². The maximum Gasteiger partial charge on any atom is 0.0606 e. The first-order chi connectivity index (χ1) is 10.3. The van der Waals surface area contributed by atoms with E-state index in [0.717, 1.165) is 19.6 Å². The minimum atomic E-state index is 0.232. The molecule has 2 N–H and O–H groups in total. The van der Waals surface area contributed by atoms with Crippen LogP contribution in [0.3, 0.4) is 0 Å². The molecular weight excluding hydrogens is 260 g/mol. The van der Waals surface area contributed by atoms with Crippen LogP contribution in [0, 0.1) is 6.92 Å². The maximum absolute atomic E-state index is 9.40. The Hall–Kier alpha value is -1.06. The summed E-state index contributed by atoms with van der Waals surface area (Å²) >= 11 is 0. The van der Waals surface area contributed by atoms with Gasteiger partial charge in [0, 0.05) is 24.8 Å². The summed E-state index contributed by atoms with van der Waals surface area (Å²) in [6, 6.07) is 7.37. The SMILES string of the molecule is CCCNCc1ccc(N(CCO)C2CCCC2)c(C)c1. The zero-order chi connectivity index (χ0) is 15.1. The Balaban J connectivity index is 2.09. The van der Waals surface area contributed by atoms with Gasteiger partial charge < -0.3 is 15.3 Å². The van der Waals surface area contributed by atoms with Crippen molar-refractivity contribution >= 4 is 5.69 Å². The van der Waals surface area contributed by atoms with Gasteiger partial charge >= 0.3 is 0 Å². The molecule has 0 spiro atoms. The summed E-state index contributed by atoms with van der Waals surface area (Å²) in [5.74, 6) is 0. The molecule has 0 radical (unpaired) electrons. The van der Waals surface area contributed by atoms with E-state index in [1.54, 1.807) is 0 Å². The third-order valence-electron chi connectivity index (χ3n) is 4.43. The number of rotatable bonds is 8. The van der Waals surface area contributed by atoms with Crippen LogP contribution in [0.25, 0.3) is 0 Å². The van der Waals surface area contributed by atoms with Crippen LogP contribution in [0.4, 0.5) is 5.69 Å². The van der Waals surface area contributed by atoms with Crippen molar-refractivity contribution in [3.05, 3.63) is 29.3 Å². The Kier molecular flexibility index (Phi) is 6.52. The van der Waals surface area contributed by atoms with E-state index in [1.165, 1.54) is 48.9 Å². The molecular formula is C18H30N2O. The lowest BCUT2D eigenvalue weighted by molar-refractivity contribution is 0.297. The van der Waals surface area contributed by atoms with E-state index in [-0.39, 0.29) is 6.61 Å². The van der Waals surface area contributed by atoms with E-state index in [0.29, 0.717) is 6.04 Å². The molecule has 2 rings (SSSR count). The van der Waals surface area contributed by atoms with Gasteiger partial charge in [0.15, 0.2) is 0 Å². The Morgan fingerprint density at radius 3 is 2.67 bits per heavy atom. The molecule has 0 aliphatic heterocycles. The summed E-state index contributed by atoms with van der Waals surface area (Å²) in [4.78, 5) is 2.42. The first kappa shape index (κ1) is 16.3. The maximum atomic E-state index is 9.40. The van der Waals surface area contributed by atoms with Crippen LogP contribution in [-0.4, -0.2) is 30.8 Å². The number of hydrogen-bond donors (Lipinski definition) is 2. The molecule has 0 bridgehead atoms. The third kappa shape index (κ3) is 4.45. The largest absolute Gasteiger partial charge is 0.395 e. The molecule has 0 heterocycles. The fraction of sp³-hybridized carbons (Fsp3) is 0.667. The molecule has 3 nitrogen and oxygen atoms in total. The quantitative estimate of drug-likeness (QED) is 0.722. The van der Waals surface area contributed by atoms with Crippen molar-refractivity contribution in [2.24, 2.45) is 0 Å². The van der Waals surface area contributed by atoms with Gasteiger partial charge in [-0.1, -0.05) is 31.9 Å². The molecule has 0 amide bonds. The predicted molar refractivity (Wildman–Crippen MR) is 89.9 cm³/mol. The molecule has 0 aromatic heterocycles. The summed E-state index contributed by atoms with van der Waals surface area (Å²) in [5.41, 5.74) is 3.97. The van der Waals surface area contributed by atoms with E-state index < -0.39 is 0 Å². The van der Waals surface area contributed by atoms with Crippen molar-refractivity contribution in [2.45, 2.75) is 58.5 Å². The molecule has 0 unspecified atom stereocenters. The van der Waals surface area contributed by atoms with Gasteiger partial charge in [0.05, 0.1) is 6.61 Å². The second-order valence-corrected chi connectivity index (χ2v) is 6.15. The van der Waals surface area contributed by atoms with Gasteiger partial charge in [-0.15, -0.1) is 0 Å². The summed E-state index contributed by atoms with van der Waals surface area (Å²) in [5, 5.41) is 12.8. The Morgan fingerprint density at radius 2 is 2.05 bits per heavy atom. The smallest absolute Gasteiger partial charge is 0.0606 e. The van der Waals surface area contributed by atoms with E-state index in [1.807, 2.05) is 0 Å². The summed E-state index contributed by atoms with van der Waals surface area (Å²) < 4.78 is 0. The van der Waals surface area contributed by atoms with Gasteiger partial charge in [-0.05, 0) is 49.9 Å². The fourth-order valence-corrected chi connectivity index (χ4v) is 3.38. The van der Waals surface area contributed by atoms with Gasteiger partial charge in [-0.2, -0.15) is 0 Å². The molecule has 1 aromatic rings. The molecule has 3 heteroatoms. The zero-order valence-corrected chi connectivity index (χ0v) is 13.6. The average molecular weight is 290 g/mol. The number of nitrogens with one attached hydrogen (secondary N) is 1.